The van der Waals surface area contributed by atoms with Crippen LogP contribution in [0.4, 0.5) is 11.4 Å². The molecule has 0 aliphatic rings. The van der Waals surface area contributed by atoms with Crippen LogP contribution in [0.3, 0.4) is 0 Å². The molecule has 0 radical (unpaired) electrons. The summed E-state index contributed by atoms with van der Waals surface area (Å²) in [7, 11) is 1.41. The van der Waals surface area contributed by atoms with Crippen molar-refractivity contribution in [2.75, 3.05) is 24.4 Å². The molecule has 3 aromatic rings. The molecule has 0 saturated heterocycles. The minimum absolute atomic E-state index is 0.127. The van der Waals surface area contributed by atoms with Gasteiger partial charge in [-0.2, -0.15) is 5.26 Å². The smallest absolute Gasteiger partial charge is 0.266 e. The Morgan fingerprint density at radius 3 is 2.49 bits per heavy atom. The normalized spacial score (nSPS) is 10.8. The highest BCUT2D eigenvalue weighted by atomic mass is 35.5. The first-order valence-corrected chi connectivity index (χ1v) is 11.1. The highest BCUT2D eigenvalue weighted by molar-refractivity contribution is 6.33. The van der Waals surface area contributed by atoms with Gasteiger partial charge in [0, 0.05) is 5.69 Å². The van der Waals surface area contributed by atoms with Gasteiger partial charge in [-0.15, -0.1) is 0 Å². The first-order chi connectivity index (χ1) is 16.8. The fraction of sp³-hybridized carbons (Fsp3) is 0.115. The van der Waals surface area contributed by atoms with Crippen LogP contribution < -0.4 is 20.1 Å². The average Bonchev–Trinajstić information content (AvgIpc) is 2.82. The number of para-hydroxylation sites is 1. The predicted octanol–water partition coefficient (Wildman–Crippen LogP) is 5.87. The molecule has 0 heterocycles. The molecule has 7 nitrogen and oxygen atoms in total. The van der Waals surface area contributed by atoms with Gasteiger partial charge in [-0.1, -0.05) is 47.5 Å². The van der Waals surface area contributed by atoms with Crippen LogP contribution in [0.2, 0.25) is 10.0 Å². The molecule has 0 bridgehead atoms. The fourth-order valence-corrected chi connectivity index (χ4v) is 3.54. The maximum absolute atomic E-state index is 12.6. The average molecular weight is 510 g/mol. The van der Waals surface area contributed by atoms with E-state index in [0.717, 1.165) is 5.56 Å². The van der Waals surface area contributed by atoms with E-state index in [1.807, 2.05) is 19.1 Å². The van der Waals surface area contributed by atoms with Gasteiger partial charge in [0.2, 0.25) is 0 Å². The minimum Gasteiger partial charge on any atom is -0.493 e. The van der Waals surface area contributed by atoms with Gasteiger partial charge < -0.3 is 20.1 Å². The molecule has 2 amide bonds. The summed E-state index contributed by atoms with van der Waals surface area (Å²) >= 11 is 12.4. The number of rotatable bonds is 8. The maximum Gasteiger partial charge on any atom is 0.266 e. The Morgan fingerprint density at radius 1 is 1.03 bits per heavy atom. The summed E-state index contributed by atoms with van der Waals surface area (Å²) < 4.78 is 10.9. The molecule has 0 aliphatic heterocycles. The van der Waals surface area contributed by atoms with E-state index in [1.165, 1.54) is 19.3 Å². The Kier molecular flexibility index (Phi) is 8.74. The van der Waals surface area contributed by atoms with Crippen molar-refractivity contribution < 1.29 is 19.1 Å². The summed E-state index contributed by atoms with van der Waals surface area (Å²) in [5.41, 5.74) is 2.31. The maximum atomic E-state index is 12.6. The number of nitriles is 1. The number of ether oxygens (including phenoxy) is 2. The molecule has 0 spiro atoms. The van der Waals surface area contributed by atoms with Crippen molar-refractivity contribution in [3.8, 4) is 17.6 Å². The van der Waals surface area contributed by atoms with Crippen molar-refractivity contribution in [2.24, 2.45) is 0 Å². The Balaban J connectivity index is 1.75. The van der Waals surface area contributed by atoms with Gasteiger partial charge in [-0.3, -0.25) is 9.59 Å². The zero-order chi connectivity index (χ0) is 25.4. The van der Waals surface area contributed by atoms with Gasteiger partial charge in [0.1, 0.15) is 11.6 Å². The number of anilines is 2. The largest absolute Gasteiger partial charge is 0.493 e. The summed E-state index contributed by atoms with van der Waals surface area (Å²) in [6.45, 7) is 1.55. The Bertz CT molecular complexity index is 1330. The lowest BCUT2D eigenvalue weighted by Crippen LogP contribution is -2.20. The van der Waals surface area contributed by atoms with Crippen molar-refractivity contribution in [1.29, 1.82) is 5.26 Å². The third-order valence-corrected chi connectivity index (χ3v) is 5.31. The van der Waals surface area contributed by atoms with E-state index in [1.54, 1.807) is 48.5 Å². The molecule has 9 heteroatoms. The van der Waals surface area contributed by atoms with Crippen LogP contribution in [-0.2, 0) is 9.59 Å². The molecule has 0 aromatic heterocycles. The van der Waals surface area contributed by atoms with Gasteiger partial charge in [0.25, 0.3) is 11.8 Å². The number of amides is 2. The number of methoxy groups -OCH3 is 1. The minimum atomic E-state index is -0.565. The van der Waals surface area contributed by atoms with Crippen molar-refractivity contribution in [3.05, 3.63) is 87.4 Å². The Labute approximate surface area is 212 Å². The van der Waals surface area contributed by atoms with Gasteiger partial charge in [0.05, 0.1) is 22.8 Å². The third kappa shape index (κ3) is 7.00. The van der Waals surface area contributed by atoms with Gasteiger partial charge in [-0.25, -0.2) is 0 Å². The number of halogens is 2. The standard InChI is InChI=1S/C26H21Cl2N3O4/c1-16-6-5-7-19(10-16)30-26(33)18(14-29)11-17-12-21(28)25(23(13-17)34-2)35-15-24(32)31-22-9-4-3-8-20(22)27/h3-13H,15H2,1-2H3,(H,30,33)(H,31,32)/b18-11+. The molecule has 0 fully saturated rings. The molecule has 0 atom stereocenters. The van der Waals surface area contributed by atoms with Crippen molar-refractivity contribution in [2.45, 2.75) is 6.92 Å². The van der Waals surface area contributed by atoms with Crippen LogP contribution in [0, 0.1) is 18.3 Å². The summed E-state index contributed by atoms with van der Waals surface area (Å²) in [6, 6.07) is 19.0. The zero-order valence-corrected chi connectivity index (χ0v) is 20.4. The Hall–Kier alpha value is -3.99. The second-order valence-corrected chi connectivity index (χ2v) is 8.16. The second-order valence-electron chi connectivity index (χ2n) is 7.34. The van der Waals surface area contributed by atoms with Crippen molar-refractivity contribution in [3.63, 3.8) is 0 Å². The molecule has 3 aromatic carbocycles. The molecule has 2 N–H and O–H groups in total. The quantitative estimate of drug-likeness (QED) is 0.292. The van der Waals surface area contributed by atoms with Crippen LogP contribution in [0.1, 0.15) is 11.1 Å². The van der Waals surface area contributed by atoms with Gasteiger partial charge in [0.15, 0.2) is 18.1 Å². The molecule has 0 aliphatic carbocycles. The fourth-order valence-electron chi connectivity index (χ4n) is 3.09. The molecule has 3 rings (SSSR count). The van der Waals surface area contributed by atoms with Crippen LogP contribution in [0.15, 0.2) is 66.2 Å². The van der Waals surface area contributed by atoms with E-state index in [4.69, 9.17) is 32.7 Å². The lowest BCUT2D eigenvalue weighted by molar-refractivity contribution is -0.118. The lowest BCUT2D eigenvalue weighted by Gasteiger charge is -2.14. The molecular formula is C26H21Cl2N3O4. The monoisotopic (exact) mass is 509 g/mol. The lowest BCUT2D eigenvalue weighted by atomic mass is 10.1. The summed E-state index contributed by atoms with van der Waals surface area (Å²) in [5.74, 6) is -0.640. The Morgan fingerprint density at radius 2 is 1.80 bits per heavy atom. The second kappa shape index (κ2) is 11.9. The number of hydrogen-bond donors (Lipinski definition) is 2. The number of carbonyl (C=O) groups is 2. The number of benzene rings is 3. The van der Waals surface area contributed by atoms with E-state index in [0.29, 0.717) is 22.0 Å². The van der Waals surface area contributed by atoms with E-state index in [9.17, 15) is 14.9 Å². The molecular weight excluding hydrogens is 489 g/mol. The van der Waals surface area contributed by atoms with E-state index >= 15 is 0 Å². The first kappa shape index (κ1) is 25.6. The van der Waals surface area contributed by atoms with E-state index in [-0.39, 0.29) is 28.7 Å². The zero-order valence-electron chi connectivity index (χ0n) is 18.9. The number of aryl methyl sites for hydroxylation is 1. The summed E-state index contributed by atoms with van der Waals surface area (Å²) in [4.78, 5) is 24.9. The molecule has 35 heavy (non-hydrogen) atoms. The number of nitrogens with one attached hydrogen (secondary N) is 2. The highest BCUT2D eigenvalue weighted by Gasteiger charge is 2.16. The van der Waals surface area contributed by atoms with Crippen LogP contribution >= 0.6 is 23.2 Å². The third-order valence-electron chi connectivity index (χ3n) is 4.70. The summed E-state index contributed by atoms with van der Waals surface area (Å²) in [5, 5.41) is 15.4. The number of nitrogens with zero attached hydrogens (tertiary/aromatic N) is 1. The SMILES string of the molecule is COc1cc(/C=C(\C#N)C(=O)Nc2cccc(C)c2)cc(Cl)c1OCC(=O)Nc1ccccc1Cl. The van der Waals surface area contributed by atoms with Gasteiger partial charge >= 0.3 is 0 Å². The van der Waals surface area contributed by atoms with Crippen LogP contribution in [0.25, 0.3) is 6.08 Å². The number of hydrogen-bond acceptors (Lipinski definition) is 5. The van der Waals surface area contributed by atoms with Crippen molar-refractivity contribution >= 4 is 52.5 Å². The molecule has 0 saturated carbocycles. The predicted molar refractivity (Wildman–Crippen MR) is 137 cm³/mol. The molecule has 0 unspecified atom stereocenters. The van der Waals surface area contributed by atoms with Crippen molar-refractivity contribution in [1.82, 2.24) is 0 Å². The highest BCUT2D eigenvalue weighted by Crippen LogP contribution is 2.37. The van der Waals surface area contributed by atoms with E-state index in [2.05, 4.69) is 10.6 Å². The topological polar surface area (TPSA) is 100 Å². The number of carbonyl (C=O) groups excluding carboxylic acids is 2. The van der Waals surface area contributed by atoms with Crippen LogP contribution in [0.5, 0.6) is 11.5 Å². The van der Waals surface area contributed by atoms with E-state index < -0.39 is 11.8 Å². The van der Waals surface area contributed by atoms with Gasteiger partial charge in [-0.05, 0) is 60.5 Å². The summed E-state index contributed by atoms with van der Waals surface area (Å²) in [6.07, 6.45) is 1.38. The van der Waals surface area contributed by atoms with Crippen LogP contribution in [-0.4, -0.2) is 25.5 Å². The molecule has 178 valence electrons. The first-order valence-electron chi connectivity index (χ1n) is 10.3.